The lowest BCUT2D eigenvalue weighted by Gasteiger charge is -2.25. The zero-order valence-electron chi connectivity index (χ0n) is 9.90. The van der Waals surface area contributed by atoms with Crippen molar-refractivity contribution >= 4 is 11.6 Å². The molecule has 0 saturated heterocycles. The predicted octanol–water partition coefficient (Wildman–Crippen LogP) is 2.31. The van der Waals surface area contributed by atoms with Crippen LogP contribution in [0.25, 0.3) is 0 Å². The van der Waals surface area contributed by atoms with E-state index in [9.17, 15) is 4.79 Å². The SMILES string of the molecule is C/C(=N\NC(=O)C1CC12CCC2)c1ccco1. The standard InChI is InChI=1S/C13H16N2O2/c1-9(11-4-2-7-17-11)14-15-12(16)10-8-13(10)5-3-6-13/h2,4,7,10H,3,5-6,8H2,1H3,(H,15,16)/b14-9+. The van der Waals surface area contributed by atoms with E-state index in [1.807, 2.05) is 13.0 Å². The Morgan fingerprint density at radius 3 is 2.94 bits per heavy atom. The quantitative estimate of drug-likeness (QED) is 0.642. The van der Waals surface area contributed by atoms with Crippen molar-refractivity contribution in [3.05, 3.63) is 24.2 Å². The summed E-state index contributed by atoms with van der Waals surface area (Å²) in [6, 6.07) is 3.63. The first-order valence-corrected chi connectivity index (χ1v) is 6.09. The maximum absolute atomic E-state index is 11.8. The summed E-state index contributed by atoms with van der Waals surface area (Å²) in [6.45, 7) is 1.82. The molecule has 1 aromatic rings. The summed E-state index contributed by atoms with van der Waals surface area (Å²) in [7, 11) is 0. The number of carbonyl (C=O) groups is 1. The lowest BCUT2D eigenvalue weighted by Crippen LogP contribution is -2.26. The summed E-state index contributed by atoms with van der Waals surface area (Å²) in [4.78, 5) is 11.8. The maximum atomic E-state index is 11.8. The van der Waals surface area contributed by atoms with Crippen LogP contribution in [0.5, 0.6) is 0 Å². The van der Waals surface area contributed by atoms with Crippen molar-refractivity contribution in [3.8, 4) is 0 Å². The van der Waals surface area contributed by atoms with E-state index < -0.39 is 0 Å². The fraction of sp³-hybridized carbons (Fsp3) is 0.538. The molecule has 2 fully saturated rings. The molecular formula is C13H16N2O2. The summed E-state index contributed by atoms with van der Waals surface area (Å²) < 4.78 is 5.19. The monoisotopic (exact) mass is 232 g/mol. The first-order chi connectivity index (χ1) is 8.21. The van der Waals surface area contributed by atoms with E-state index in [1.54, 1.807) is 12.3 Å². The van der Waals surface area contributed by atoms with E-state index in [0.717, 1.165) is 6.42 Å². The van der Waals surface area contributed by atoms with Crippen molar-refractivity contribution in [1.82, 2.24) is 5.43 Å². The molecule has 1 amide bonds. The van der Waals surface area contributed by atoms with E-state index in [1.165, 1.54) is 19.3 Å². The molecule has 90 valence electrons. The third-order valence-electron chi connectivity index (χ3n) is 4.07. The van der Waals surface area contributed by atoms with E-state index in [2.05, 4.69) is 10.5 Å². The van der Waals surface area contributed by atoms with Crippen molar-refractivity contribution in [2.75, 3.05) is 0 Å². The van der Waals surface area contributed by atoms with Crippen molar-refractivity contribution < 1.29 is 9.21 Å². The first-order valence-electron chi connectivity index (χ1n) is 6.09. The highest BCUT2D eigenvalue weighted by molar-refractivity contribution is 5.97. The van der Waals surface area contributed by atoms with Gasteiger partial charge in [0.1, 0.15) is 11.5 Å². The summed E-state index contributed by atoms with van der Waals surface area (Å²) in [5.41, 5.74) is 3.70. The molecule has 0 bridgehead atoms. The number of hydrogen-bond acceptors (Lipinski definition) is 3. The molecule has 4 nitrogen and oxygen atoms in total. The molecule has 1 spiro atoms. The molecule has 1 N–H and O–H groups in total. The van der Waals surface area contributed by atoms with Crippen molar-refractivity contribution in [2.24, 2.45) is 16.4 Å². The highest BCUT2D eigenvalue weighted by Gasteiger charge is 2.60. The molecule has 0 aromatic carbocycles. The van der Waals surface area contributed by atoms with Gasteiger partial charge in [0.2, 0.25) is 5.91 Å². The van der Waals surface area contributed by atoms with Crippen LogP contribution in [-0.4, -0.2) is 11.6 Å². The molecule has 3 rings (SSSR count). The minimum absolute atomic E-state index is 0.0654. The first kappa shape index (κ1) is 10.6. The van der Waals surface area contributed by atoms with Crippen LogP contribution in [-0.2, 0) is 4.79 Å². The van der Waals surface area contributed by atoms with Crippen LogP contribution in [0.3, 0.4) is 0 Å². The molecule has 2 aliphatic rings. The minimum Gasteiger partial charge on any atom is -0.463 e. The molecule has 4 heteroatoms. The van der Waals surface area contributed by atoms with Gasteiger partial charge < -0.3 is 4.42 Å². The Morgan fingerprint density at radius 1 is 1.59 bits per heavy atom. The number of furan rings is 1. The van der Waals surface area contributed by atoms with Crippen LogP contribution in [0.1, 0.15) is 38.4 Å². The van der Waals surface area contributed by atoms with Gasteiger partial charge in [0.15, 0.2) is 0 Å². The molecule has 1 heterocycles. The number of amides is 1. The van der Waals surface area contributed by atoms with E-state index in [0.29, 0.717) is 16.9 Å². The van der Waals surface area contributed by atoms with E-state index >= 15 is 0 Å². The Hall–Kier alpha value is -1.58. The van der Waals surface area contributed by atoms with E-state index in [-0.39, 0.29) is 11.8 Å². The number of rotatable bonds is 3. The second-order valence-corrected chi connectivity index (χ2v) is 5.12. The topological polar surface area (TPSA) is 54.6 Å². The lowest BCUT2D eigenvalue weighted by molar-refractivity contribution is -0.123. The van der Waals surface area contributed by atoms with Gasteiger partial charge in [-0.05, 0) is 43.7 Å². The second-order valence-electron chi connectivity index (χ2n) is 5.12. The summed E-state index contributed by atoms with van der Waals surface area (Å²) in [5.74, 6) is 0.958. The Morgan fingerprint density at radius 2 is 2.41 bits per heavy atom. The Balaban J connectivity index is 1.57. The molecule has 1 aromatic heterocycles. The fourth-order valence-electron chi connectivity index (χ4n) is 2.66. The average molecular weight is 232 g/mol. The van der Waals surface area contributed by atoms with Crippen molar-refractivity contribution in [1.29, 1.82) is 0 Å². The molecular weight excluding hydrogens is 216 g/mol. The number of nitrogens with one attached hydrogen (secondary N) is 1. The Bertz CT molecular complexity index is 458. The molecule has 0 radical (unpaired) electrons. The number of hydrazone groups is 1. The highest BCUT2D eigenvalue weighted by Crippen LogP contribution is 2.65. The van der Waals surface area contributed by atoms with Crippen molar-refractivity contribution in [3.63, 3.8) is 0 Å². The second kappa shape index (κ2) is 3.72. The summed E-state index contributed by atoms with van der Waals surface area (Å²) in [6.07, 6.45) is 6.35. The smallest absolute Gasteiger partial charge is 0.243 e. The number of nitrogens with zero attached hydrogens (tertiary/aromatic N) is 1. The van der Waals surface area contributed by atoms with Crippen molar-refractivity contribution in [2.45, 2.75) is 32.6 Å². The van der Waals surface area contributed by atoms with Gasteiger partial charge >= 0.3 is 0 Å². The van der Waals surface area contributed by atoms with E-state index in [4.69, 9.17) is 4.42 Å². The van der Waals surface area contributed by atoms with Crippen LogP contribution in [0.4, 0.5) is 0 Å². The summed E-state index contributed by atoms with van der Waals surface area (Å²) in [5, 5.41) is 4.08. The maximum Gasteiger partial charge on any atom is 0.243 e. The van der Waals surface area contributed by atoms with Gasteiger partial charge in [0, 0.05) is 5.92 Å². The lowest BCUT2D eigenvalue weighted by atomic mass is 9.80. The number of hydrogen-bond donors (Lipinski definition) is 1. The highest BCUT2D eigenvalue weighted by atomic mass is 16.3. The normalized spacial score (nSPS) is 25.5. The predicted molar refractivity (Wildman–Crippen MR) is 63.5 cm³/mol. The third-order valence-corrected chi connectivity index (χ3v) is 4.07. The number of carbonyl (C=O) groups excluding carboxylic acids is 1. The van der Waals surface area contributed by atoms with Gasteiger partial charge in [-0.1, -0.05) is 6.42 Å². The average Bonchev–Trinajstić information content (AvgIpc) is 2.83. The minimum atomic E-state index is 0.0654. The Kier molecular flexibility index (Phi) is 2.31. The van der Waals surface area contributed by atoms with Crippen LogP contribution >= 0.6 is 0 Å². The molecule has 17 heavy (non-hydrogen) atoms. The van der Waals surface area contributed by atoms with Gasteiger partial charge in [-0.15, -0.1) is 0 Å². The molecule has 2 aliphatic carbocycles. The van der Waals surface area contributed by atoms with Gasteiger partial charge in [0.05, 0.1) is 6.26 Å². The van der Waals surface area contributed by atoms with Gasteiger partial charge in [0.25, 0.3) is 0 Å². The molecule has 2 saturated carbocycles. The van der Waals surface area contributed by atoms with Gasteiger partial charge in [-0.3, -0.25) is 4.79 Å². The van der Waals surface area contributed by atoms with Crippen LogP contribution in [0.2, 0.25) is 0 Å². The Labute approximate surface area is 100 Å². The summed E-state index contributed by atoms with van der Waals surface area (Å²) >= 11 is 0. The van der Waals surface area contributed by atoms with Gasteiger partial charge in [-0.25, -0.2) is 5.43 Å². The zero-order chi connectivity index (χ0) is 11.9. The van der Waals surface area contributed by atoms with Gasteiger partial charge in [-0.2, -0.15) is 5.10 Å². The molecule has 1 unspecified atom stereocenters. The van der Waals surface area contributed by atoms with Crippen LogP contribution in [0, 0.1) is 11.3 Å². The fourth-order valence-corrected chi connectivity index (χ4v) is 2.66. The van der Waals surface area contributed by atoms with Crippen LogP contribution in [0.15, 0.2) is 27.9 Å². The zero-order valence-corrected chi connectivity index (χ0v) is 9.90. The largest absolute Gasteiger partial charge is 0.463 e. The molecule has 1 atom stereocenters. The van der Waals surface area contributed by atoms with Crippen LogP contribution < -0.4 is 5.43 Å². The third kappa shape index (κ3) is 1.77. The molecule has 0 aliphatic heterocycles.